The SMILES string of the molecule is Cc1cc(NC2CC(C)(C)CC2C)ccc1O. The molecule has 2 atom stereocenters. The van der Waals surface area contributed by atoms with Crippen LogP contribution in [0, 0.1) is 18.3 Å². The van der Waals surface area contributed by atoms with E-state index in [1.807, 2.05) is 19.1 Å². The molecule has 0 spiro atoms. The van der Waals surface area contributed by atoms with Gasteiger partial charge in [0, 0.05) is 11.7 Å². The Morgan fingerprint density at radius 3 is 2.53 bits per heavy atom. The molecule has 17 heavy (non-hydrogen) atoms. The quantitative estimate of drug-likeness (QED) is 0.758. The van der Waals surface area contributed by atoms with Gasteiger partial charge in [-0.15, -0.1) is 0 Å². The van der Waals surface area contributed by atoms with Crippen molar-refractivity contribution in [2.75, 3.05) is 5.32 Å². The maximum absolute atomic E-state index is 9.51. The topological polar surface area (TPSA) is 32.3 Å². The molecule has 1 aliphatic rings. The van der Waals surface area contributed by atoms with Crippen LogP contribution in [0.1, 0.15) is 39.2 Å². The highest BCUT2D eigenvalue weighted by Gasteiger charge is 2.36. The Hall–Kier alpha value is -1.18. The van der Waals surface area contributed by atoms with Crippen LogP contribution in [0.3, 0.4) is 0 Å². The molecule has 1 saturated carbocycles. The van der Waals surface area contributed by atoms with E-state index in [2.05, 4.69) is 26.1 Å². The highest BCUT2D eigenvalue weighted by atomic mass is 16.3. The zero-order valence-corrected chi connectivity index (χ0v) is 11.2. The minimum atomic E-state index is 0.371. The van der Waals surface area contributed by atoms with Crippen LogP contribution >= 0.6 is 0 Å². The molecule has 2 rings (SSSR count). The number of anilines is 1. The Morgan fingerprint density at radius 2 is 2.00 bits per heavy atom. The maximum atomic E-state index is 9.51. The zero-order valence-electron chi connectivity index (χ0n) is 11.2. The van der Waals surface area contributed by atoms with Crippen molar-refractivity contribution >= 4 is 5.69 Å². The predicted octanol–water partition coefficient (Wildman–Crippen LogP) is 3.94. The lowest BCUT2D eigenvalue weighted by molar-refractivity contribution is 0.366. The molecular weight excluding hydrogens is 210 g/mol. The number of hydrogen-bond acceptors (Lipinski definition) is 2. The van der Waals surface area contributed by atoms with E-state index in [-0.39, 0.29) is 0 Å². The third-order valence-corrected chi connectivity index (χ3v) is 3.88. The van der Waals surface area contributed by atoms with E-state index in [9.17, 15) is 5.11 Å². The molecule has 0 aromatic heterocycles. The van der Waals surface area contributed by atoms with Gasteiger partial charge in [-0.25, -0.2) is 0 Å². The normalized spacial score (nSPS) is 27.1. The lowest BCUT2D eigenvalue weighted by Gasteiger charge is -2.20. The summed E-state index contributed by atoms with van der Waals surface area (Å²) in [4.78, 5) is 0. The molecule has 2 N–H and O–H groups in total. The molecule has 0 amide bonds. The van der Waals surface area contributed by atoms with Crippen molar-refractivity contribution in [2.45, 2.75) is 46.6 Å². The molecule has 0 bridgehead atoms. The molecule has 1 aromatic rings. The van der Waals surface area contributed by atoms with Crippen molar-refractivity contribution in [1.82, 2.24) is 0 Å². The van der Waals surface area contributed by atoms with Crippen LogP contribution < -0.4 is 5.32 Å². The second kappa shape index (κ2) is 4.25. The number of aromatic hydroxyl groups is 1. The first-order valence-corrected chi connectivity index (χ1v) is 6.43. The lowest BCUT2D eigenvalue weighted by Crippen LogP contribution is -2.22. The number of phenolic OH excluding ortho intramolecular Hbond substituents is 1. The van der Waals surface area contributed by atoms with Gasteiger partial charge in [-0.1, -0.05) is 20.8 Å². The van der Waals surface area contributed by atoms with E-state index in [1.54, 1.807) is 6.07 Å². The maximum Gasteiger partial charge on any atom is 0.118 e. The number of phenols is 1. The molecule has 0 saturated heterocycles. The summed E-state index contributed by atoms with van der Waals surface area (Å²) >= 11 is 0. The molecule has 2 unspecified atom stereocenters. The van der Waals surface area contributed by atoms with Crippen LogP contribution in [-0.2, 0) is 0 Å². The van der Waals surface area contributed by atoms with Crippen LogP contribution in [0.2, 0.25) is 0 Å². The summed E-state index contributed by atoms with van der Waals surface area (Å²) in [6.45, 7) is 8.93. The van der Waals surface area contributed by atoms with Gasteiger partial charge in [-0.3, -0.25) is 0 Å². The van der Waals surface area contributed by atoms with E-state index < -0.39 is 0 Å². The van der Waals surface area contributed by atoms with E-state index in [0.717, 1.165) is 11.3 Å². The molecule has 0 heterocycles. The Kier molecular flexibility index (Phi) is 3.07. The van der Waals surface area contributed by atoms with Gasteiger partial charge < -0.3 is 10.4 Å². The first-order valence-electron chi connectivity index (χ1n) is 6.43. The van der Waals surface area contributed by atoms with E-state index in [4.69, 9.17) is 0 Å². The average molecular weight is 233 g/mol. The average Bonchev–Trinajstić information content (AvgIpc) is 2.46. The third-order valence-electron chi connectivity index (χ3n) is 3.88. The van der Waals surface area contributed by atoms with Gasteiger partial charge in [0.15, 0.2) is 0 Å². The minimum Gasteiger partial charge on any atom is -0.508 e. The molecule has 2 heteroatoms. The number of aryl methyl sites for hydroxylation is 1. The van der Waals surface area contributed by atoms with Gasteiger partial charge >= 0.3 is 0 Å². The molecule has 94 valence electrons. The van der Waals surface area contributed by atoms with Gasteiger partial charge in [0.1, 0.15) is 5.75 Å². The number of hydrogen-bond donors (Lipinski definition) is 2. The molecule has 0 aliphatic heterocycles. The van der Waals surface area contributed by atoms with Crippen LogP contribution in [0.15, 0.2) is 18.2 Å². The van der Waals surface area contributed by atoms with Crippen molar-refractivity contribution in [2.24, 2.45) is 11.3 Å². The summed E-state index contributed by atoms with van der Waals surface area (Å²) in [6.07, 6.45) is 2.50. The molecular formula is C15H23NO. The monoisotopic (exact) mass is 233 g/mol. The summed E-state index contributed by atoms with van der Waals surface area (Å²) in [5.41, 5.74) is 2.50. The fourth-order valence-electron chi connectivity index (χ4n) is 3.05. The fraction of sp³-hybridized carbons (Fsp3) is 0.600. The predicted molar refractivity (Wildman–Crippen MR) is 72.4 cm³/mol. The summed E-state index contributed by atoms with van der Waals surface area (Å²) in [7, 11) is 0. The number of rotatable bonds is 2. The molecule has 0 radical (unpaired) electrons. The van der Waals surface area contributed by atoms with Crippen LogP contribution in [-0.4, -0.2) is 11.1 Å². The van der Waals surface area contributed by atoms with E-state index >= 15 is 0 Å². The zero-order chi connectivity index (χ0) is 12.6. The minimum absolute atomic E-state index is 0.371. The van der Waals surface area contributed by atoms with Crippen LogP contribution in [0.4, 0.5) is 5.69 Å². The second-order valence-electron chi connectivity index (χ2n) is 6.30. The fourth-order valence-corrected chi connectivity index (χ4v) is 3.05. The van der Waals surface area contributed by atoms with Gasteiger partial charge in [-0.05, 0) is 54.9 Å². The molecule has 2 nitrogen and oxygen atoms in total. The third kappa shape index (κ3) is 2.74. The first kappa shape index (κ1) is 12.3. The Morgan fingerprint density at radius 1 is 1.29 bits per heavy atom. The standard InChI is InChI=1S/C15H23NO/c1-10-7-12(5-6-14(10)17)16-13-9-15(3,4)8-11(13)2/h5-7,11,13,16-17H,8-9H2,1-4H3. The van der Waals surface area contributed by atoms with Crippen molar-refractivity contribution in [3.05, 3.63) is 23.8 Å². The highest BCUT2D eigenvalue weighted by molar-refractivity contribution is 5.51. The molecule has 1 fully saturated rings. The van der Waals surface area contributed by atoms with Crippen LogP contribution in [0.5, 0.6) is 5.75 Å². The van der Waals surface area contributed by atoms with Gasteiger partial charge in [-0.2, -0.15) is 0 Å². The summed E-state index contributed by atoms with van der Waals surface area (Å²) < 4.78 is 0. The van der Waals surface area contributed by atoms with Gasteiger partial charge in [0.05, 0.1) is 0 Å². The van der Waals surface area contributed by atoms with Crippen molar-refractivity contribution < 1.29 is 5.11 Å². The van der Waals surface area contributed by atoms with Gasteiger partial charge in [0.25, 0.3) is 0 Å². The largest absolute Gasteiger partial charge is 0.508 e. The van der Waals surface area contributed by atoms with Crippen molar-refractivity contribution in [3.63, 3.8) is 0 Å². The lowest BCUT2D eigenvalue weighted by atomic mass is 9.91. The molecule has 1 aliphatic carbocycles. The number of nitrogens with one attached hydrogen (secondary N) is 1. The van der Waals surface area contributed by atoms with Gasteiger partial charge in [0.2, 0.25) is 0 Å². The molecule has 1 aromatic carbocycles. The van der Waals surface area contributed by atoms with Crippen LogP contribution in [0.25, 0.3) is 0 Å². The summed E-state index contributed by atoms with van der Waals surface area (Å²) in [6, 6.07) is 6.30. The second-order valence-corrected chi connectivity index (χ2v) is 6.30. The number of benzene rings is 1. The summed E-state index contributed by atoms with van der Waals surface area (Å²) in [5.74, 6) is 1.08. The van der Waals surface area contributed by atoms with Crippen molar-refractivity contribution in [1.29, 1.82) is 0 Å². The highest BCUT2D eigenvalue weighted by Crippen LogP contribution is 2.42. The Balaban J connectivity index is 2.08. The van der Waals surface area contributed by atoms with Crippen molar-refractivity contribution in [3.8, 4) is 5.75 Å². The first-order chi connectivity index (χ1) is 7.87. The Labute approximate surface area is 104 Å². The van der Waals surface area contributed by atoms with E-state index in [0.29, 0.717) is 23.1 Å². The van der Waals surface area contributed by atoms with E-state index in [1.165, 1.54) is 12.8 Å². The smallest absolute Gasteiger partial charge is 0.118 e. The summed E-state index contributed by atoms with van der Waals surface area (Å²) in [5, 5.41) is 13.1. The Bertz CT molecular complexity index is 411.